The molecule has 3 heteroatoms. The number of ether oxygens (including phenoxy) is 1. The van der Waals surface area contributed by atoms with E-state index in [-0.39, 0.29) is 5.97 Å². The highest BCUT2D eigenvalue weighted by atomic mass is 32.1. The van der Waals surface area contributed by atoms with Gasteiger partial charge in [-0.3, -0.25) is 0 Å². The Kier molecular flexibility index (Phi) is 2.92. The number of hydrogen-bond donors (Lipinski definition) is 0. The summed E-state index contributed by atoms with van der Waals surface area (Å²) in [5.41, 5.74) is 1.20. The van der Waals surface area contributed by atoms with Crippen LogP contribution in [0.4, 0.5) is 0 Å². The third-order valence-electron chi connectivity index (χ3n) is 3.11. The SMILES string of the molecule is COC(=O)c1cc2cc(C=CC3CC3)ccc2s1. The highest BCUT2D eigenvalue weighted by Gasteiger charge is 2.17. The van der Waals surface area contributed by atoms with Crippen molar-refractivity contribution >= 4 is 33.5 Å². The Hall–Kier alpha value is -1.61. The Labute approximate surface area is 110 Å². The molecule has 0 amide bonds. The molecule has 1 aliphatic rings. The van der Waals surface area contributed by atoms with Gasteiger partial charge in [0.05, 0.1) is 7.11 Å². The molecule has 1 aromatic heterocycles. The van der Waals surface area contributed by atoms with Crippen molar-refractivity contribution in [2.45, 2.75) is 12.8 Å². The summed E-state index contributed by atoms with van der Waals surface area (Å²) in [6, 6.07) is 8.19. The molecular weight excluding hydrogens is 244 g/mol. The highest BCUT2D eigenvalue weighted by Crippen LogP contribution is 2.32. The van der Waals surface area contributed by atoms with Gasteiger partial charge in [-0.1, -0.05) is 18.2 Å². The van der Waals surface area contributed by atoms with Crippen molar-refractivity contribution in [2.24, 2.45) is 5.92 Å². The van der Waals surface area contributed by atoms with E-state index in [2.05, 4.69) is 30.4 Å². The van der Waals surface area contributed by atoms with Crippen molar-refractivity contribution < 1.29 is 9.53 Å². The van der Waals surface area contributed by atoms with Crippen LogP contribution in [0.15, 0.2) is 30.3 Å². The van der Waals surface area contributed by atoms with E-state index in [0.29, 0.717) is 4.88 Å². The first kappa shape index (κ1) is 11.5. The first-order valence-electron chi connectivity index (χ1n) is 6.06. The van der Waals surface area contributed by atoms with Gasteiger partial charge in [0.1, 0.15) is 4.88 Å². The van der Waals surface area contributed by atoms with Crippen LogP contribution < -0.4 is 0 Å². The predicted octanol–water partition coefficient (Wildman–Crippen LogP) is 4.11. The van der Waals surface area contributed by atoms with Gasteiger partial charge < -0.3 is 4.74 Å². The maximum absolute atomic E-state index is 11.5. The molecule has 0 N–H and O–H groups in total. The van der Waals surface area contributed by atoms with Gasteiger partial charge in [-0.05, 0) is 47.9 Å². The zero-order chi connectivity index (χ0) is 12.5. The van der Waals surface area contributed by atoms with Crippen LogP contribution in [0.1, 0.15) is 28.1 Å². The predicted molar refractivity (Wildman–Crippen MR) is 74.9 cm³/mol. The van der Waals surface area contributed by atoms with E-state index in [0.717, 1.165) is 16.0 Å². The Morgan fingerprint density at radius 3 is 2.94 bits per heavy atom. The lowest BCUT2D eigenvalue weighted by atomic mass is 10.1. The highest BCUT2D eigenvalue weighted by molar-refractivity contribution is 7.20. The number of rotatable bonds is 3. The van der Waals surface area contributed by atoms with Crippen molar-refractivity contribution in [3.05, 3.63) is 40.8 Å². The Bertz CT molecular complexity index is 620. The van der Waals surface area contributed by atoms with Crippen molar-refractivity contribution in [2.75, 3.05) is 7.11 Å². The number of allylic oxidation sites excluding steroid dienone is 1. The number of fused-ring (bicyclic) bond motifs is 1. The van der Waals surface area contributed by atoms with Gasteiger partial charge in [0.15, 0.2) is 0 Å². The molecule has 2 aromatic rings. The summed E-state index contributed by atoms with van der Waals surface area (Å²) in [6.07, 6.45) is 7.09. The molecule has 1 aliphatic carbocycles. The molecule has 0 radical (unpaired) electrons. The second-order valence-corrected chi connectivity index (χ2v) is 5.68. The van der Waals surface area contributed by atoms with Gasteiger partial charge in [0, 0.05) is 4.70 Å². The van der Waals surface area contributed by atoms with Crippen LogP contribution in [0.3, 0.4) is 0 Å². The maximum atomic E-state index is 11.5. The fraction of sp³-hybridized carbons (Fsp3) is 0.267. The Morgan fingerprint density at radius 2 is 2.22 bits per heavy atom. The minimum atomic E-state index is -0.258. The normalized spacial score (nSPS) is 15.4. The van der Waals surface area contributed by atoms with E-state index < -0.39 is 0 Å². The second kappa shape index (κ2) is 4.58. The minimum absolute atomic E-state index is 0.258. The summed E-state index contributed by atoms with van der Waals surface area (Å²) >= 11 is 1.48. The number of carbonyl (C=O) groups excluding carboxylic acids is 1. The average Bonchev–Trinajstić information content (AvgIpc) is 3.12. The molecule has 0 unspecified atom stereocenters. The molecule has 2 nitrogen and oxygen atoms in total. The lowest BCUT2D eigenvalue weighted by Crippen LogP contribution is -1.96. The third kappa shape index (κ3) is 2.31. The van der Waals surface area contributed by atoms with Crippen LogP contribution in [0.2, 0.25) is 0 Å². The van der Waals surface area contributed by atoms with Gasteiger partial charge >= 0.3 is 5.97 Å². The summed E-state index contributed by atoms with van der Waals surface area (Å²) in [5.74, 6) is 0.528. The van der Waals surface area contributed by atoms with E-state index in [4.69, 9.17) is 4.74 Å². The Balaban J connectivity index is 1.93. The minimum Gasteiger partial charge on any atom is -0.465 e. The Morgan fingerprint density at radius 1 is 1.39 bits per heavy atom. The standard InChI is InChI=1S/C15H14O2S/c1-17-15(16)14-9-12-8-11(5-4-10-2-3-10)6-7-13(12)18-14/h4-10H,2-3H2,1H3. The monoisotopic (exact) mass is 258 g/mol. The number of thiophene rings is 1. The van der Waals surface area contributed by atoms with Crippen molar-refractivity contribution in [1.29, 1.82) is 0 Å². The van der Waals surface area contributed by atoms with Crippen LogP contribution in [-0.2, 0) is 4.74 Å². The zero-order valence-electron chi connectivity index (χ0n) is 10.2. The first-order chi connectivity index (χ1) is 8.76. The molecule has 1 saturated carbocycles. The molecule has 3 rings (SSSR count). The molecule has 1 fully saturated rings. The lowest BCUT2D eigenvalue weighted by Gasteiger charge is -1.93. The third-order valence-corrected chi connectivity index (χ3v) is 4.21. The molecule has 0 aliphatic heterocycles. The number of hydrogen-bond acceptors (Lipinski definition) is 3. The van der Waals surface area contributed by atoms with E-state index >= 15 is 0 Å². The summed E-state index contributed by atoms with van der Waals surface area (Å²) in [6.45, 7) is 0. The molecule has 0 spiro atoms. The van der Waals surface area contributed by atoms with Crippen LogP contribution >= 0.6 is 11.3 Å². The molecule has 1 aromatic carbocycles. The van der Waals surface area contributed by atoms with E-state index in [9.17, 15) is 4.79 Å². The molecule has 0 bridgehead atoms. The molecule has 0 atom stereocenters. The van der Waals surface area contributed by atoms with Crippen LogP contribution in [0.5, 0.6) is 0 Å². The zero-order valence-corrected chi connectivity index (χ0v) is 11.0. The lowest BCUT2D eigenvalue weighted by molar-refractivity contribution is 0.0606. The van der Waals surface area contributed by atoms with Crippen LogP contribution in [0, 0.1) is 5.92 Å². The quantitative estimate of drug-likeness (QED) is 0.774. The van der Waals surface area contributed by atoms with Crippen molar-refractivity contribution in [3.63, 3.8) is 0 Å². The van der Waals surface area contributed by atoms with E-state index in [1.807, 2.05) is 6.07 Å². The van der Waals surface area contributed by atoms with E-state index in [1.54, 1.807) is 0 Å². The van der Waals surface area contributed by atoms with Gasteiger partial charge in [-0.25, -0.2) is 4.79 Å². The van der Waals surface area contributed by atoms with E-state index in [1.165, 1.54) is 36.9 Å². The number of esters is 1. The topological polar surface area (TPSA) is 26.3 Å². The smallest absolute Gasteiger partial charge is 0.348 e. The summed E-state index contributed by atoms with van der Waals surface area (Å²) in [5, 5.41) is 1.11. The molecular formula is C15H14O2S. The van der Waals surface area contributed by atoms with Crippen LogP contribution in [0.25, 0.3) is 16.2 Å². The second-order valence-electron chi connectivity index (χ2n) is 4.60. The average molecular weight is 258 g/mol. The molecule has 92 valence electrons. The number of methoxy groups -OCH3 is 1. The van der Waals surface area contributed by atoms with Crippen LogP contribution in [-0.4, -0.2) is 13.1 Å². The largest absolute Gasteiger partial charge is 0.465 e. The fourth-order valence-electron chi connectivity index (χ4n) is 1.90. The van der Waals surface area contributed by atoms with Gasteiger partial charge in [0.25, 0.3) is 0 Å². The van der Waals surface area contributed by atoms with Gasteiger partial charge in [0.2, 0.25) is 0 Å². The summed E-state index contributed by atoms with van der Waals surface area (Å²) in [4.78, 5) is 12.1. The molecule has 1 heterocycles. The van der Waals surface area contributed by atoms with Crippen molar-refractivity contribution in [1.82, 2.24) is 0 Å². The molecule has 0 saturated heterocycles. The molecule has 18 heavy (non-hydrogen) atoms. The van der Waals surface area contributed by atoms with Crippen molar-refractivity contribution in [3.8, 4) is 0 Å². The fourth-order valence-corrected chi connectivity index (χ4v) is 2.86. The van der Waals surface area contributed by atoms with Gasteiger partial charge in [-0.15, -0.1) is 11.3 Å². The number of carbonyl (C=O) groups is 1. The first-order valence-corrected chi connectivity index (χ1v) is 6.88. The summed E-state index contributed by atoms with van der Waals surface area (Å²) in [7, 11) is 1.41. The maximum Gasteiger partial charge on any atom is 0.348 e. The summed E-state index contributed by atoms with van der Waals surface area (Å²) < 4.78 is 5.86. The number of benzene rings is 1. The van der Waals surface area contributed by atoms with Gasteiger partial charge in [-0.2, -0.15) is 0 Å².